The first kappa shape index (κ1) is 7.80. The second kappa shape index (κ2) is 1.91. The zero-order chi connectivity index (χ0) is 8.98. The van der Waals surface area contributed by atoms with Gasteiger partial charge < -0.3 is 9.47 Å². The van der Waals surface area contributed by atoms with Crippen LogP contribution in [0.25, 0.3) is 0 Å². The third-order valence-electron chi connectivity index (χ3n) is 2.26. The largest absolute Gasteiger partial charge is 0.431 e. The van der Waals surface area contributed by atoms with Crippen LogP contribution in [0.4, 0.5) is 0 Å². The predicted molar refractivity (Wildman–Crippen MR) is 42.4 cm³/mol. The summed E-state index contributed by atoms with van der Waals surface area (Å²) in [5, 5.41) is 0. The fraction of sp³-hybridized carbons (Fsp3) is 0.667. The van der Waals surface area contributed by atoms with E-state index in [2.05, 4.69) is 0 Å². The van der Waals surface area contributed by atoms with Crippen molar-refractivity contribution in [3.05, 3.63) is 11.6 Å². The number of hydrogen-bond acceptors (Lipinski definition) is 3. The van der Waals surface area contributed by atoms with Crippen molar-refractivity contribution in [1.29, 1.82) is 0 Å². The van der Waals surface area contributed by atoms with E-state index in [1.807, 2.05) is 13.0 Å². The molecule has 2 atom stereocenters. The van der Waals surface area contributed by atoms with Crippen molar-refractivity contribution in [3.8, 4) is 0 Å². The van der Waals surface area contributed by atoms with E-state index in [-0.39, 0.29) is 5.97 Å². The van der Waals surface area contributed by atoms with E-state index in [0.717, 1.165) is 5.57 Å². The highest BCUT2D eigenvalue weighted by Gasteiger charge is 2.54. The molecule has 1 fully saturated rings. The van der Waals surface area contributed by atoms with Crippen molar-refractivity contribution in [2.45, 2.75) is 38.6 Å². The van der Waals surface area contributed by atoms with Gasteiger partial charge in [0, 0.05) is 13.3 Å². The number of carbonyl (C=O) groups excluding carboxylic acids is 1. The lowest BCUT2D eigenvalue weighted by molar-refractivity contribution is -0.174. The molecule has 0 saturated carbocycles. The molecule has 2 rings (SSSR count). The molecule has 0 unspecified atom stereocenters. The zero-order valence-electron chi connectivity index (χ0n) is 7.51. The number of ether oxygens (including phenoxy) is 2. The third-order valence-corrected chi connectivity index (χ3v) is 2.26. The number of fused-ring (bicyclic) bond motifs is 2. The Balaban J connectivity index is 2.47. The smallest absolute Gasteiger partial charge is 0.344 e. The molecular formula is C9H12O3. The first-order valence-corrected chi connectivity index (χ1v) is 4.06. The van der Waals surface area contributed by atoms with Crippen LogP contribution in [0.2, 0.25) is 0 Å². The van der Waals surface area contributed by atoms with Gasteiger partial charge in [0.05, 0.1) is 0 Å². The number of esters is 1. The topological polar surface area (TPSA) is 35.5 Å². The van der Waals surface area contributed by atoms with Crippen LogP contribution in [0.15, 0.2) is 11.6 Å². The average Bonchev–Trinajstić information content (AvgIpc) is 1.96. The Bertz CT molecular complexity index is 281. The van der Waals surface area contributed by atoms with Crippen LogP contribution in [0.5, 0.6) is 0 Å². The molecule has 3 nitrogen and oxygen atoms in total. The summed E-state index contributed by atoms with van der Waals surface area (Å²) in [6, 6.07) is 0. The first-order valence-electron chi connectivity index (χ1n) is 4.06. The van der Waals surface area contributed by atoms with Crippen LogP contribution < -0.4 is 0 Å². The summed E-state index contributed by atoms with van der Waals surface area (Å²) >= 11 is 0. The normalized spacial score (nSPS) is 45.6. The molecule has 2 heterocycles. The molecule has 1 saturated heterocycles. The van der Waals surface area contributed by atoms with Gasteiger partial charge in [-0.25, -0.2) is 4.79 Å². The molecule has 2 aliphatic rings. The molecular weight excluding hydrogens is 156 g/mol. The molecule has 66 valence electrons. The molecule has 2 bridgehead atoms. The molecule has 0 aromatic carbocycles. The molecule has 0 spiro atoms. The number of rotatable bonds is 0. The van der Waals surface area contributed by atoms with Gasteiger partial charge in [0.2, 0.25) is 5.79 Å². The molecule has 0 aromatic heterocycles. The van der Waals surface area contributed by atoms with Crippen molar-refractivity contribution >= 4 is 5.97 Å². The van der Waals surface area contributed by atoms with E-state index in [0.29, 0.717) is 6.42 Å². The van der Waals surface area contributed by atoms with Gasteiger partial charge in [-0.05, 0) is 19.9 Å². The second-order valence-electron chi connectivity index (χ2n) is 3.90. The lowest BCUT2D eigenvalue weighted by Gasteiger charge is -2.28. The van der Waals surface area contributed by atoms with Gasteiger partial charge in [-0.3, -0.25) is 0 Å². The van der Waals surface area contributed by atoms with Crippen LogP contribution in [0, 0.1) is 0 Å². The summed E-state index contributed by atoms with van der Waals surface area (Å²) in [6.45, 7) is 5.52. The van der Waals surface area contributed by atoms with Gasteiger partial charge in [0.25, 0.3) is 0 Å². The van der Waals surface area contributed by atoms with Crippen LogP contribution >= 0.6 is 0 Å². The monoisotopic (exact) mass is 168 g/mol. The molecule has 0 amide bonds. The van der Waals surface area contributed by atoms with Crippen molar-refractivity contribution in [2.75, 3.05) is 0 Å². The molecule has 0 aliphatic carbocycles. The van der Waals surface area contributed by atoms with Crippen LogP contribution in [0.3, 0.4) is 0 Å². The molecule has 12 heavy (non-hydrogen) atoms. The maximum absolute atomic E-state index is 11.3. The Labute approximate surface area is 71.3 Å². The lowest BCUT2D eigenvalue weighted by atomic mass is 9.97. The van der Waals surface area contributed by atoms with Gasteiger partial charge in [-0.1, -0.05) is 5.57 Å². The van der Waals surface area contributed by atoms with Gasteiger partial charge in [-0.2, -0.15) is 0 Å². The minimum Gasteiger partial charge on any atom is -0.431 e. The predicted octanol–water partition coefficient (Wildman–Crippen LogP) is 1.38. The summed E-state index contributed by atoms with van der Waals surface area (Å²) in [6.07, 6.45) is 2.51. The Hall–Kier alpha value is -0.830. The van der Waals surface area contributed by atoms with Gasteiger partial charge in [0.1, 0.15) is 0 Å². The summed E-state index contributed by atoms with van der Waals surface area (Å²) < 4.78 is 10.6. The SMILES string of the molecule is CC1=C[C@@]2(C)O[C@@](C)(C1)OC2=O. The zero-order valence-corrected chi connectivity index (χ0v) is 7.51. The van der Waals surface area contributed by atoms with E-state index >= 15 is 0 Å². The molecule has 2 aliphatic heterocycles. The Morgan fingerprint density at radius 3 is 2.75 bits per heavy atom. The highest BCUT2D eigenvalue weighted by atomic mass is 16.8. The second-order valence-corrected chi connectivity index (χ2v) is 3.90. The van der Waals surface area contributed by atoms with E-state index in [1.54, 1.807) is 13.8 Å². The minimum atomic E-state index is -0.836. The summed E-state index contributed by atoms with van der Waals surface area (Å²) in [7, 11) is 0. The van der Waals surface area contributed by atoms with E-state index in [9.17, 15) is 4.79 Å². The highest BCUT2D eigenvalue weighted by Crippen LogP contribution is 2.42. The standard InChI is InChI=1S/C9H12O3/c1-6-4-8(2)7(10)11-9(3,5-6)12-8/h4H,5H2,1-3H3/t8-,9+/m1/s1. The van der Waals surface area contributed by atoms with Crippen molar-refractivity contribution in [2.24, 2.45) is 0 Å². The fourth-order valence-electron chi connectivity index (χ4n) is 2.00. The van der Waals surface area contributed by atoms with Crippen LogP contribution in [-0.2, 0) is 14.3 Å². The van der Waals surface area contributed by atoms with Gasteiger partial charge >= 0.3 is 5.97 Å². The van der Waals surface area contributed by atoms with Crippen molar-refractivity contribution in [3.63, 3.8) is 0 Å². The summed E-state index contributed by atoms with van der Waals surface area (Å²) in [5.74, 6) is -0.994. The van der Waals surface area contributed by atoms with E-state index in [1.165, 1.54) is 0 Å². The summed E-state index contributed by atoms with van der Waals surface area (Å²) in [5.41, 5.74) is 0.314. The fourth-order valence-corrected chi connectivity index (χ4v) is 2.00. The number of hydrogen-bond donors (Lipinski definition) is 0. The third kappa shape index (κ3) is 0.894. The first-order chi connectivity index (χ1) is 5.44. The van der Waals surface area contributed by atoms with E-state index < -0.39 is 11.4 Å². The quantitative estimate of drug-likeness (QED) is 0.405. The van der Waals surface area contributed by atoms with Gasteiger partial charge in [-0.15, -0.1) is 0 Å². The molecule has 0 radical (unpaired) electrons. The van der Waals surface area contributed by atoms with E-state index in [4.69, 9.17) is 9.47 Å². The van der Waals surface area contributed by atoms with Crippen LogP contribution in [0.1, 0.15) is 27.2 Å². The molecule has 0 N–H and O–H groups in total. The Kier molecular flexibility index (Phi) is 1.24. The number of carbonyl (C=O) groups is 1. The maximum Gasteiger partial charge on any atom is 0.344 e. The summed E-state index contributed by atoms with van der Waals surface area (Å²) in [4.78, 5) is 11.3. The Morgan fingerprint density at radius 1 is 1.50 bits per heavy atom. The van der Waals surface area contributed by atoms with Crippen LogP contribution in [-0.4, -0.2) is 17.4 Å². The highest BCUT2D eigenvalue weighted by molar-refractivity contribution is 5.84. The van der Waals surface area contributed by atoms with Gasteiger partial charge in [0.15, 0.2) is 5.60 Å². The molecule has 0 aromatic rings. The minimum absolute atomic E-state index is 0.276. The lowest BCUT2D eigenvalue weighted by Crippen LogP contribution is -2.36. The molecule has 3 heteroatoms. The average molecular weight is 168 g/mol. The Morgan fingerprint density at radius 2 is 2.17 bits per heavy atom. The van der Waals surface area contributed by atoms with Crippen molar-refractivity contribution < 1.29 is 14.3 Å². The van der Waals surface area contributed by atoms with Crippen molar-refractivity contribution in [1.82, 2.24) is 0 Å². The maximum atomic E-state index is 11.3.